The van der Waals surface area contributed by atoms with Crippen molar-refractivity contribution >= 4 is 28.1 Å². The lowest BCUT2D eigenvalue weighted by Gasteiger charge is -2.12. The lowest BCUT2D eigenvalue weighted by molar-refractivity contribution is 1.03. The second-order valence-corrected chi connectivity index (χ2v) is 5.77. The van der Waals surface area contributed by atoms with Crippen molar-refractivity contribution in [3.8, 4) is 16.9 Å². The summed E-state index contributed by atoms with van der Waals surface area (Å²) in [4.78, 5) is 3.14. The molecule has 0 unspecified atom stereocenters. The van der Waals surface area contributed by atoms with E-state index in [2.05, 4.69) is 56.7 Å². The molecule has 0 saturated carbocycles. The molecule has 2 nitrogen and oxygen atoms in total. The first kappa shape index (κ1) is 13.3. The number of aromatic nitrogens is 2. The molecule has 1 aromatic heterocycles. The highest BCUT2D eigenvalue weighted by molar-refractivity contribution is 9.10. The van der Waals surface area contributed by atoms with Gasteiger partial charge in [0.05, 0.1) is 11.4 Å². The summed E-state index contributed by atoms with van der Waals surface area (Å²) in [5.74, 6) is 0. The number of hydrogen-bond donors (Lipinski definition) is 1. The van der Waals surface area contributed by atoms with Gasteiger partial charge in [0.1, 0.15) is 0 Å². The van der Waals surface area contributed by atoms with Crippen molar-refractivity contribution in [2.75, 3.05) is 0 Å². The van der Waals surface area contributed by atoms with Crippen LogP contribution in [0.5, 0.6) is 0 Å². The summed E-state index contributed by atoms with van der Waals surface area (Å²) in [5.41, 5.74) is 4.43. The molecule has 1 N–H and O–H groups in total. The molecule has 0 fully saturated rings. The Morgan fingerprint density at radius 2 is 1.80 bits per heavy atom. The van der Waals surface area contributed by atoms with E-state index in [0.29, 0.717) is 4.77 Å². The van der Waals surface area contributed by atoms with Gasteiger partial charge in [-0.2, -0.15) is 0 Å². The zero-order valence-corrected chi connectivity index (χ0v) is 13.3. The van der Waals surface area contributed by atoms with Gasteiger partial charge >= 0.3 is 0 Å². The van der Waals surface area contributed by atoms with E-state index in [9.17, 15) is 0 Å². The number of halogens is 1. The van der Waals surface area contributed by atoms with Crippen LogP contribution in [0.4, 0.5) is 0 Å². The fourth-order valence-electron chi connectivity index (χ4n) is 2.23. The van der Waals surface area contributed by atoms with Crippen molar-refractivity contribution in [3.05, 3.63) is 69.5 Å². The van der Waals surface area contributed by atoms with Crippen LogP contribution < -0.4 is 0 Å². The maximum atomic E-state index is 5.44. The molecule has 0 saturated heterocycles. The highest BCUT2D eigenvalue weighted by atomic mass is 79.9. The van der Waals surface area contributed by atoms with E-state index in [1.54, 1.807) is 0 Å². The number of aryl methyl sites for hydroxylation is 1. The zero-order chi connectivity index (χ0) is 14.1. The highest BCUT2D eigenvalue weighted by Crippen LogP contribution is 2.29. The summed E-state index contributed by atoms with van der Waals surface area (Å²) in [7, 11) is 0. The van der Waals surface area contributed by atoms with Crippen LogP contribution in [-0.4, -0.2) is 9.55 Å². The molecule has 0 amide bonds. The molecule has 2 aromatic carbocycles. The van der Waals surface area contributed by atoms with E-state index >= 15 is 0 Å². The van der Waals surface area contributed by atoms with Gasteiger partial charge in [-0.15, -0.1) is 0 Å². The monoisotopic (exact) mass is 344 g/mol. The van der Waals surface area contributed by atoms with Crippen LogP contribution in [0.2, 0.25) is 0 Å². The van der Waals surface area contributed by atoms with Crippen molar-refractivity contribution in [3.63, 3.8) is 0 Å². The van der Waals surface area contributed by atoms with Crippen LogP contribution in [0, 0.1) is 11.7 Å². The van der Waals surface area contributed by atoms with Crippen molar-refractivity contribution in [1.29, 1.82) is 0 Å². The third-order valence-corrected chi connectivity index (χ3v) is 4.59. The number of imidazole rings is 1. The Balaban J connectivity index is 2.28. The van der Waals surface area contributed by atoms with Crippen molar-refractivity contribution in [2.45, 2.75) is 6.92 Å². The molecule has 0 bridgehead atoms. The van der Waals surface area contributed by atoms with E-state index in [4.69, 9.17) is 12.2 Å². The molecule has 3 rings (SSSR count). The summed E-state index contributed by atoms with van der Waals surface area (Å²) >= 11 is 9.11. The Kier molecular flexibility index (Phi) is 3.59. The van der Waals surface area contributed by atoms with Crippen LogP contribution in [0.1, 0.15) is 5.56 Å². The molecule has 4 heteroatoms. The number of rotatable bonds is 2. The van der Waals surface area contributed by atoms with Gasteiger partial charge in [0.15, 0.2) is 4.77 Å². The molecule has 0 aliphatic carbocycles. The van der Waals surface area contributed by atoms with Gasteiger partial charge in [0, 0.05) is 16.2 Å². The predicted molar refractivity (Wildman–Crippen MR) is 88.8 cm³/mol. The number of hydrogen-bond acceptors (Lipinski definition) is 1. The number of H-pyrrole nitrogens is 1. The Labute approximate surface area is 131 Å². The molecule has 3 aromatic rings. The number of aromatic amines is 1. The second-order valence-electron chi connectivity index (χ2n) is 4.59. The number of nitrogens with zero attached hydrogens (tertiary/aromatic N) is 1. The average molecular weight is 345 g/mol. The standard InChI is InChI=1S/C16H13BrN2S/c1-11-6-5-9-13(15(11)17)19-14(10-18-16(19)20)12-7-3-2-4-8-12/h2-10H,1H3,(H,18,20). The highest BCUT2D eigenvalue weighted by Gasteiger charge is 2.11. The van der Waals surface area contributed by atoms with Crippen molar-refractivity contribution < 1.29 is 0 Å². The van der Waals surface area contributed by atoms with Gasteiger partial charge in [0.25, 0.3) is 0 Å². The van der Waals surface area contributed by atoms with E-state index < -0.39 is 0 Å². The minimum absolute atomic E-state index is 0.690. The second kappa shape index (κ2) is 5.38. The number of benzene rings is 2. The lowest BCUT2D eigenvalue weighted by Crippen LogP contribution is -1.99. The Morgan fingerprint density at radius 3 is 2.55 bits per heavy atom. The van der Waals surface area contributed by atoms with Gasteiger partial charge < -0.3 is 4.98 Å². The Hall–Kier alpha value is -1.65. The van der Waals surface area contributed by atoms with Crippen LogP contribution in [0.25, 0.3) is 16.9 Å². The molecule has 100 valence electrons. The SMILES string of the molecule is Cc1cccc(-n2c(-c3ccccc3)c[nH]c2=S)c1Br. The molecule has 20 heavy (non-hydrogen) atoms. The van der Waals surface area contributed by atoms with E-state index in [1.807, 2.05) is 30.5 Å². The van der Waals surface area contributed by atoms with Gasteiger partial charge in [-0.1, -0.05) is 42.5 Å². The Morgan fingerprint density at radius 1 is 1.05 bits per heavy atom. The summed E-state index contributed by atoms with van der Waals surface area (Å²) in [5, 5.41) is 0. The minimum Gasteiger partial charge on any atom is -0.336 e. The van der Waals surface area contributed by atoms with Crippen molar-refractivity contribution in [1.82, 2.24) is 9.55 Å². The van der Waals surface area contributed by atoms with Gasteiger partial charge in [-0.25, -0.2) is 0 Å². The maximum absolute atomic E-state index is 5.44. The molecule has 0 radical (unpaired) electrons. The quantitative estimate of drug-likeness (QED) is 0.627. The van der Waals surface area contributed by atoms with Gasteiger partial charge in [0.2, 0.25) is 0 Å². The molecule has 0 aliphatic heterocycles. The molecule has 0 spiro atoms. The number of nitrogens with one attached hydrogen (secondary N) is 1. The van der Waals surface area contributed by atoms with Crippen molar-refractivity contribution in [2.24, 2.45) is 0 Å². The molecular weight excluding hydrogens is 332 g/mol. The van der Waals surface area contributed by atoms with Gasteiger partial charge in [-0.05, 0) is 46.7 Å². The molecule has 0 atom stereocenters. The Bertz CT molecular complexity index is 803. The maximum Gasteiger partial charge on any atom is 0.182 e. The van der Waals surface area contributed by atoms with Crippen LogP contribution in [-0.2, 0) is 0 Å². The third-order valence-electron chi connectivity index (χ3n) is 3.26. The first-order chi connectivity index (χ1) is 9.68. The van der Waals surface area contributed by atoms with Gasteiger partial charge in [-0.3, -0.25) is 4.57 Å². The fraction of sp³-hybridized carbons (Fsp3) is 0.0625. The predicted octanol–water partition coefficient (Wildman–Crippen LogP) is 5.27. The summed E-state index contributed by atoms with van der Waals surface area (Å²) in [6.45, 7) is 2.08. The summed E-state index contributed by atoms with van der Waals surface area (Å²) in [6.07, 6.45) is 1.95. The molecule has 1 heterocycles. The molecule has 0 aliphatic rings. The van der Waals surface area contributed by atoms with Crippen LogP contribution >= 0.6 is 28.1 Å². The zero-order valence-electron chi connectivity index (χ0n) is 10.9. The summed E-state index contributed by atoms with van der Waals surface area (Å²) in [6, 6.07) is 16.4. The van der Waals surface area contributed by atoms with Crippen LogP contribution in [0.15, 0.2) is 59.2 Å². The first-order valence-electron chi connectivity index (χ1n) is 6.30. The lowest BCUT2D eigenvalue weighted by atomic mass is 10.1. The first-order valence-corrected chi connectivity index (χ1v) is 7.50. The average Bonchev–Trinajstić information content (AvgIpc) is 2.85. The normalized spacial score (nSPS) is 10.7. The largest absolute Gasteiger partial charge is 0.336 e. The van der Waals surface area contributed by atoms with Crippen LogP contribution in [0.3, 0.4) is 0 Å². The summed E-state index contributed by atoms with van der Waals surface area (Å²) < 4.78 is 3.81. The van der Waals surface area contributed by atoms with E-state index in [0.717, 1.165) is 21.4 Å². The van der Waals surface area contributed by atoms with E-state index in [-0.39, 0.29) is 0 Å². The smallest absolute Gasteiger partial charge is 0.182 e. The minimum atomic E-state index is 0.690. The fourth-order valence-corrected chi connectivity index (χ4v) is 2.93. The molecular formula is C16H13BrN2S. The topological polar surface area (TPSA) is 20.7 Å². The third kappa shape index (κ3) is 2.25. The van der Waals surface area contributed by atoms with E-state index in [1.165, 1.54) is 5.56 Å².